The van der Waals surface area contributed by atoms with E-state index in [1.54, 1.807) is 0 Å². The number of hydrogen-bond acceptors (Lipinski definition) is 6. The lowest BCUT2D eigenvalue weighted by Crippen LogP contribution is -2.17. The quantitative estimate of drug-likeness (QED) is 0.158. The van der Waals surface area contributed by atoms with Gasteiger partial charge < -0.3 is 8.60 Å². The van der Waals surface area contributed by atoms with E-state index in [4.69, 9.17) is 4.42 Å². The minimum absolute atomic E-state index is 0.0646. The summed E-state index contributed by atoms with van der Waals surface area (Å²) in [4.78, 5) is 13.5. The van der Waals surface area contributed by atoms with Crippen molar-refractivity contribution in [2.45, 2.75) is 4.90 Å². The lowest BCUT2D eigenvalue weighted by atomic mass is 10.2. The highest BCUT2D eigenvalue weighted by Crippen LogP contribution is 2.31. The van der Waals surface area contributed by atoms with Crippen molar-refractivity contribution >= 4 is 21.2 Å². The number of nitrogens with zero attached hydrogens (tertiary/aromatic N) is 1. The molecule has 1 aliphatic heterocycles. The summed E-state index contributed by atoms with van der Waals surface area (Å²) in [5.74, 6) is -13.0. The van der Waals surface area contributed by atoms with Crippen molar-refractivity contribution in [1.82, 2.24) is 4.98 Å². The highest BCUT2D eigenvalue weighted by atomic mass is 32.2. The van der Waals surface area contributed by atoms with Crippen LogP contribution in [-0.4, -0.2) is 13.4 Å². The molecule has 6 nitrogen and oxygen atoms in total. The van der Waals surface area contributed by atoms with E-state index in [0.29, 0.717) is 5.69 Å². The Morgan fingerprint density at radius 3 is 2.13 bits per heavy atom. The van der Waals surface area contributed by atoms with Crippen LogP contribution in [0.15, 0.2) is 50.5 Å². The molecule has 1 aliphatic carbocycles. The number of benzene rings is 3. The largest absolute Gasteiger partial charge is 0.453 e. The third-order valence-electron chi connectivity index (χ3n) is 3.95. The van der Waals surface area contributed by atoms with Gasteiger partial charge in [-0.2, -0.15) is 8.42 Å². The maximum absolute atomic E-state index is 13.8. The zero-order valence-electron chi connectivity index (χ0n) is 14.3. The zero-order chi connectivity index (χ0) is 21.8. The molecule has 0 amide bonds. The van der Waals surface area contributed by atoms with Gasteiger partial charge in [0.05, 0.1) is 0 Å². The number of fused-ring (bicyclic) bond motifs is 2. The van der Waals surface area contributed by atoms with Gasteiger partial charge in [-0.25, -0.2) is 26.9 Å². The van der Waals surface area contributed by atoms with Gasteiger partial charge in [0.1, 0.15) is 17.0 Å². The summed E-state index contributed by atoms with van der Waals surface area (Å²) < 4.78 is 102. The van der Waals surface area contributed by atoms with Crippen LogP contribution >= 0.6 is 0 Å². The average molecular weight is 443 g/mol. The van der Waals surface area contributed by atoms with Crippen LogP contribution in [0, 0.1) is 29.1 Å². The molecular formula is C18H6F5NO5S. The second kappa shape index (κ2) is 6.76. The van der Waals surface area contributed by atoms with Gasteiger partial charge in [0.2, 0.25) is 5.82 Å². The van der Waals surface area contributed by atoms with Crippen LogP contribution in [0.4, 0.5) is 22.0 Å². The van der Waals surface area contributed by atoms with E-state index < -0.39 is 49.8 Å². The first-order chi connectivity index (χ1) is 14.1. The first-order valence-corrected chi connectivity index (χ1v) is 9.30. The van der Waals surface area contributed by atoms with Gasteiger partial charge in [-0.1, -0.05) is 0 Å². The summed E-state index contributed by atoms with van der Waals surface area (Å²) in [5.41, 5.74) is 0.0823. The van der Waals surface area contributed by atoms with Gasteiger partial charge in [-0.3, -0.25) is 4.79 Å². The topological polar surface area (TPSA) is 86.5 Å². The van der Waals surface area contributed by atoms with E-state index in [9.17, 15) is 35.2 Å². The van der Waals surface area contributed by atoms with Crippen LogP contribution in [-0.2, 0) is 10.1 Å². The van der Waals surface area contributed by atoms with Crippen LogP contribution in [0.3, 0.4) is 0 Å². The van der Waals surface area contributed by atoms with Gasteiger partial charge in [-0.05, 0) is 24.3 Å². The molecule has 4 rings (SSSR count). The van der Waals surface area contributed by atoms with Crippen LogP contribution in [0.2, 0.25) is 0 Å². The smallest absolute Gasteiger partial charge is 0.345 e. The summed E-state index contributed by atoms with van der Waals surface area (Å²) in [6.45, 7) is 0. The summed E-state index contributed by atoms with van der Waals surface area (Å²) >= 11 is 0. The monoisotopic (exact) mass is 443 g/mol. The van der Waals surface area contributed by atoms with Crippen molar-refractivity contribution in [3.63, 3.8) is 0 Å². The number of aromatic nitrogens is 1. The fraction of sp³-hybridized carbons (Fsp3) is 0. The fourth-order valence-corrected chi connectivity index (χ4v) is 3.67. The molecule has 0 aromatic heterocycles. The van der Waals surface area contributed by atoms with E-state index in [-0.39, 0.29) is 22.3 Å². The molecule has 0 atom stereocenters. The fourth-order valence-electron chi connectivity index (χ4n) is 2.61. The minimum Gasteiger partial charge on any atom is -0.453 e. The van der Waals surface area contributed by atoms with Crippen LogP contribution in [0.1, 0.15) is 0 Å². The lowest BCUT2D eigenvalue weighted by molar-refractivity contribution is 0.352. The van der Waals surface area contributed by atoms with Crippen molar-refractivity contribution in [3.05, 3.63) is 75.7 Å². The molecule has 0 saturated heterocycles. The minimum atomic E-state index is -5.46. The summed E-state index contributed by atoms with van der Waals surface area (Å²) in [5, 5.41) is 0. The van der Waals surface area contributed by atoms with E-state index >= 15 is 0 Å². The number of halogens is 5. The molecule has 1 heterocycles. The zero-order valence-corrected chi connectivity index (χ0v) is 15.1. The van der Waals surface area contributed by atoms with Crippen molar-refractivity contribution in [2.75, 3.05) is 0 Å². The Morgan fingerprint density at radius 1 is 0.833 bits per heavy atom. The van der Waals surface area contributed by atoms with Crippen molar-refractivity contribution in [1.29, 1.82) is 0 Å². The van der Waals surface area contributed by atoms with Crippen LogP contribution in [0.5, 0.6) is 5.75 Å². The van der Waals surface area contributed by atoms with E-state index in [2.05, 4.69) is 9.17 Å². The van der Waals surface area contributed by atoms with Gasteiger partial charge in [-0.15, -0.1) is 0 Å². The SMILES string of the molecule is O=c1ccc2nc3ccc(OS(=O)(=O)c4c(F)c(F)c(F)c(F)c4F)cc3oc-2c1. The molecule has 0 N–H and O–H groups in total. The van der Waals surface area contributed by atoms with Crippen molar-refractivity contribution in [2.24, 2.45) is 0 Å². The van der Waals surface area contributed by atoms with Gasteiger partial charge in [0, 0.05) is 12.1 Å². The standard InChI is InChI=1S/C18H6F5NO5S/c19-13-14(20)16(22)18(17(23)15(13)21)30(26,27)29-8-2-4-10-12(6-8)28-11-5-7(25)1-3-9(11)24-10/h1-6H. The first-order valence-electron chi connectivity index (χ1n) is 7.89. The summed E-state index contributed by atoms with van der Waals surface area (Å²) in [6.07, 6.45) is 0. The molecule has 0 saturated carbocycles. The third-order valence-corrected chi connectivity index (χ3v) is 5.22. The molecule has 30 heavy (non-hydrogen) atoms. The maximum Gasteiger partial charge on any atom is 0.345 e. The molecule has 154 valence electrons. The Balaban J connectivity index is 1.82. The van der Waals surface area contributed by atoms with Gasteiger partial charge in [0.15, 0.2) is 44.9 Å². The van der Waals surface area contributed by atoms with E-state index in [1.165, 1.54) is 18.2 Å². The van der Waals surface area contributed by atoms with Crippen LogP contribution < -0.4 is 9.61 Å². The lowest BCUT2D eigenvalue weighted by Gasteiger charge is -2.11. The van der Waals surface area contributed by atoms with E-state index in [0.717, 1.165) is 18.2 Å². The number of rotatable bonds is 3. The molecule has 0 unspecified atom stereocenters. The van der Waals surface area contributed by atoms with Gasteiger partial charge >= 0.3 is 10.1 Å². The molecule has 2 aliphatic rings. The first kappa shape index (κ1) is 19.8. The third kappa shape index (κ3) is 3.14. The summed E-state index contributed by atoms with van der Waals surface area (Å²) in [7, 11) is -5.46. The average Bonchev–Trinajstić information content (AvgIpc) is 2.69. The Hall–Kier alpha value is -3.54. The Bertz CT molecular complexity index is 1440. The predicted octanol–water partition coefficient (Wildman–Crippen LogP) is 3.76. The molecule has 0 radical (unpaired) electrons. The highest BCUT2D eigenvalue weighted by molar-refractivity contribution is 7.87. The predicted molar refractivity (Wildman–Crippen MR) is 90.9 cm³/mol. The molecule has 2 aromatic carbocycles. The second-order valence-electron chi connectivity index (χ2n) is 5.91. The molecule has 2 aromatic rings. The molecule has 12 heteroatoms. The van der Waals surface area contributed by atoms with Crippen molar-refractivity contribution in [3.8, 4) is 17.2 Å². The molecule has 0 fully saturated rings. The Labute approximate surface area is 163 Å². The Morgan fingerprint density at radius 2 is 1.47 bits per heavy atom. The van der Waals surface area contributed by atoms with Crippen LogP contribution in [0.25, 0.3) is 22.6 Å². The molecule has 0 spiro atoms. The number of hydrogen-bond donors (Lipinski definition) is 0. The Kier molecular flexibility index (Phi) is 4.45. The molecular weight excluding hydrogens is 437 g/mol. The summed E-state index contributed by atoms with van der Waals surface area (Å²) in [6, 6.07) is 7.00. The maximum atomic E-state index is 13.8. The molecule has 0 bridgehead atoms. The highest BCUT2D eigenvalue weighted by Gasteiger charge is 2.35. The van der Waals surface area contributed by atoms with E-state index in [1.807, 2.05) is 0 Å². The second-order valence-corrected chi connectivity index (χ2v) is 7.39. The van der Waals surface area contributed by atoms with Gasteiger partial charge in [0.25, 0.3) is 0 Å². The van der Waals surface area contributed by atoms with Crippen molar-refractivity contribution < 1.29 is 39.0 Å². The normalized spacial score (nSPS) is 11.9.